The first kappa shape index (κ1) is 18.2. The van der Waals surface area contributed by atoms with Crippen LogP contribution < -0.4 is 29.4 Å². The summed E-state index contributed by atoms with van der Waals surface area (Å²) in [5.41, 5.74) is 3.83. The Balaban J connectivity index is 1.78. The third-order valence-electron chi connectivity index (χ3n) is 6.38. The Morgan fingerprint density at radius 2 is 1.86 bits per heavy atom. The molecule has 0 spiro atoms. The summed E-state index contributed by atoms with van der Waals surface area (Å²) in [4.78, 5) is 0. The molecule has 0 radical (unpaired) electrons. The molecule has 0 amide bonds. The van der Waals surface area contributed by atoms with Crippen molar-refractivity contribution in [3.05, 3.63) is 51.9 Å². The standard InChI is InChI=1S/C25H26O4/c1-4-15-11-21-17(7-8-22(26-2)25(21)27-3)10-19-9-16(15)5-6-18-12-23-24(13-20(18)19)29-14-28-23/h7-13,15-16H,4-6,14H2,1-3H3. The molecule has 0 aromatic heterocycles. The number of rotatable bonds is 3. The molecule has 2 aromatic carbocycles. The van der Waals surface area contributed by atoms with E-state index < -0.39 is 0 Å². The van der Waals surface area contributed by atoms with Gasteiger partial charge in [-0.05, 0) is 77.3 Å². The number of methoxy groups -OCH3 is 2. The van der Waals surface area contributed by atoms with Gasteiger partial charge in [-0.2, -0.15) is 0 Å². The Bertz CT molecular complexity index is 1110. The summed E-state index contributed by atoms with van der Waals surface area (Å²) in [6.45, 7) is 2.57. The van der Waals surface area contributed by atoms with Gasteiger partial charge in [0, 0.05) is 5.22 Å². The van der Waals surface area contributed by atoms with Crippen LogP contribution >= 0.6 is 0 Å². The molecule has 2 bridgehead atoms. The molecule has 0 fully saturated rings. The van der Waals surface area contributed by atoms with Gasteiger partial charge in [0.2, 0.25) is 6.79 Å². The second kappa shape index (κ2) is 7.18. The smallest absolute Gasteiger partial charge is 0.231 e. The molecule has 2 unspecified atom stereocenters. The quantitative estimate of drug-likeness (QED) is 0.801. The van der Waals surface area contributed by atoms with E-state index >= 15 is 0 Å². The Morgan fingerprint density at radius 1 is 1.03 bits per heavy atom. The van der Waals surface area contributed by atoms with Crippen LogP contribution in [0.5, 0.6) is 23.0 Å². The lowest BCUT2D eigenvalue weighted by Gasteiger charge is -2.22. The Hall–Kier alpha value is -2.88. The second-order valence-corrected chi connectivity index (χ2v) is 7.87. The van der Waals surface area contributed by atoms with Crippen LogP contribution in [0.2, 0.25) is 0 Å². The highest BCUT2D eigenvalue weighted by Gasteiger charge is 2.26. The molecule has 5 rings (SSSR count). The van der Waals surface area contributed by atoms with Crippen molar-refractivity contribution in [1.82, 2.24) is 0 Å². The van der Waals surface area contributed by atoms with Crippen LogP contribution in [0, 0.1) is 11.8 Å². The number of ether oxygens (including phenoxy) is 4. The molecule has 1 aliphatic heterocycles. The monoisotopic (exact) mass is 390 g/mol. The van der Waals surface area contributed by atoms with E-state index in [-0.39, 0.29) is 0 Å². The normalized spacial score (nSPS) is 21.3. The Labute approximate surface area is 171 Å². The number of hydrogen-bond donors (Lipinski definition) is 0. The lowest BCUT2D eigenvalue weighted by atomic mass is 9.83. The maximum absolute atomic E-state index is 5.77. The molecule has 2 aromatic rings. The van der Waals surface area contributed by atoms with Crippen molar-refractivity contribution in [2.45, 2.75) is 26.2 Å². The summed E-state index contributed by atoms with van der Waals surface area (Å²) in [5, 5.41) is 2.27. The minimum atomic E-state index is 0.302. The van der Waals surface area contributed by atoms with Crippen molar-refractivity contribution >= 4 is 17.7 Å². The minimum Gasteiger partial charge on any atom is -0.493 e. The summed E-state index contributed by atoms with van der Waals surface area (Å²) in [7, 11) is 3.41. The molecule has 4 heteroatoms. The number of hydrogen-bond acceptors (Lipinski definition) is 4. The van der Waals surface area contributed by atoms with Crippen LogP contribution in [0.15, 0.2) is 30.3 Å². The van der Waals surface area contributed by atoms with Crippen molar-refractivity contribution in [3.8, 4) is 23.0 Å². The molecule has 1 heterocycles. The van der Waals surface area contributed by atoms with Gasteiger partial charge in [-0.15, -0.1) is 0 Å². The molecule has 2 atom stereocenters. The molecule has 4 nitrogen and oxygen atoms in total. The van der Waals surface area contributed by atoms with E-state index in [0.29, 0.717) is 18.6 Å². The van der Waals surface area contributed by atoms with Gasteiger partial charge < -0.3 is 18.9 Å². The summed E-state index contributed by atoms with van der Waals surface area (Å²) in [6, 6.07) is 8.42. The van der Waals surface area contributed by atoms with Crippen molar-refractivity contribution in [2.75, 3.05) is 21.0 Å². The highest BCUT2D eigenvalue weighted by atomic mass is 16.7. The lowest BCUT2D eigenvalue weighted by Crippen LogP contribution is -2.30. The first-order valence-corrected chi connectivity index (χ1v) is 10.3. The zero-order valence-electron chi connectivity index (χ0n) is 17.2. The van der Waals surface area contributed by atoms with Crippen molar-refractivity contribution < 1.29 is 18.9 Å². The summed E-state index contributed by atoms with van der Waals surface area (Å²) in [6.07, 6.45) is 10.3. The molecule has 0 N–H and O–H groups in total. The van der Waals surface area contributed by atoms with Gasteiger partial charge in [0.25, 0.3) is 0 Å². The van der Waals surface area contributed by atoms with Crippen LogP contribution in [-0.4, -0.2) is 21.0 Å². The van der Waals surface area contributed by atoms with Crippen LogP contribution in [0.25, 0.3) is 17.7 Å². The van der Waals surface area contributed by atoms with Crippen molar-refractivity contribution in [1.29, 1.82) is 0 Å². The van der Waals surface area contributed by atoms with Gasteiger partial charge in [-0.25, -0.2) is 0 Å². The van der Waals surface area contributed by atoms with Gasteiger partial charge in [0.05, 0.1) is 14.2 Å². The molecule has 150 valence electrons. The van der Waals surface area contributed by atoms with Crippen LogP contribution in [0.4, 0.5) is 0 Å². The zero-order valence-corrected chi connectivity index (χ0v) is 17.2. The van der Waals surface area contributed by atoms with E-state index in [2.05, 4.69) is 43.4 Å². The molecule has 2 aliphatic carbocycles. The number of allylic oxidation sites excluding steroid dienone is 2. The predicted molar refractivity (Wildman–Crippen MR) is 114 cm³/mol. The number of aryl methyl sites for hydroxylation is 1. The predicted octanol–water partition coefficient (Wildman–Crippen LogP) is 3.68. The molecular weight excluding hydrogens is 364 g/mol. The van der Waals surface area contributed by atoms with Gasteiger partial charge in [0.15, 0.2) is 23.0 Å². The molecule has 0 saturated heterocycles. The van der Waals surface area contributed by atoms with Gasteiger partial charge in [0.1, 0.15) is 0 Å². The van der Waals surface area contributed by atoms with E-state index in [1.165, 1.54) is 16.7 Å². The van der Waals surface area contributed by atoms with Crippen molar-refractivity contribution in [3.63, 3.8) is 0 Å². The molecule has 29 heavy (non-hydrogen) atoms. The van der Waals surface area contributed by atoms with E-state index in [1.807, 2.05) is 6.07 Å². The topological polar surface area (TPSA) is 36.9 Å². The van der Waals surface area contributed by atoms with E-state index in [1.54, 1.807) is 14.2 Å². The van der Waals surface area contributed by atoms with Crippen LogP contribution in [0.3, 0.4) is 0 Å². The van der Waals surface area contributed by atoms with E-state index in [4.69, 9.17) is 18.9 Å². The average molecular weight is 390 g/mol. The number of fused-ring (bicyclic) bond motifs is 5. The second-order valence-electron chi connectivity index (χ2n) is 7.87. The molecular formula is C25H26O4. The summed E-state index contributed by atoms with van der Waals surface area (Å²) in [5.74, 6) is 4.19. The molecule has 3 aliphatic rings. The summed E-state index contributed by atoms with van der Waals surface area (Å²) >= 11 is 0. The highest BCUT2D eigenvalue weighted by Crippen LogP contribution is 2.41. The fourth-order valence-corrected chi connectivity index (χ4v) is 4.84. The largest absolute Gasteiger partial charge is 0.493 e. The lowest BCUT2D eigenvalue weighted by molar-refractivity contribution is 0.174. The fourth-order valence-electron chi connectivity index (χ4n) is 4.84. The van der Waals surface area contributed by atoms with E-state index in [0.717, 1.165) is 52.7 Å². The third-order valence-corrected chi connectivity index (χ3v) is 6.38. The van der Waals surface area contributed by atoms with Crippen LogP contribution in [-0.2, 0) is 6.42 Å². The molecule has 0 saturated carbocycles. The fraction of sp³-hybridized carbons (Fsp3) is 0.360. The highest BCUT2D eigenvalue weighted by molar-refractivity contribution is 5.91. The van der Waals surface area contributed by atoms with Gasteiger partial charge in [-0.3, -0.25) is 0 Å². The van der Waals surface area contributed by atoms with Crippen molar-refractivity contribution in [2.24, 2.45) is 11.8 Å². The average Bonchev–Trinajstić information content (AvgIpc) is 3.11. The van der Waals surface area contributed by atoms with Crippen LogP contribution in [0.1, 0.15) is 30.9 Å². The maximum atomic E-state index is 5.77. The minimum absolute atomic E-state index is 0.302. The summed E-state index contributed by atoms with van der Waals surface area (Å²) < 4.78 is 22.6. The first-order valence-electron chi connectivity index (χ1n) is 10.3. The first-order chi connectivity index (χ1) is 14.2. The van der Waals surface area contributed by atoms with Gasteiger partial charge >= 0.3 is 0 Å². The number of benzene rings is 2. The van der Waals surface area contributed by atoms with Gasteiger partial charge in [-0.1, -0.05) is 25.1 Å². The third kappa shape index (κ3) is 2.98. The zero-order chi connectivity index (χ0) is 20.0. The SMILES string of the molecule is CCC1C=c2c(OC)c(OC)ccc2=CC2=CC1CCc1cc3c(cc12)OCO3. The Kier molecular flexibility index (Phi) is 4.50. The maximum Gasteiger partial charge on any atom is 0.231 e. The Morgan fingerprint density at radius 3 is 2.62 bits per heavy atom. The van der Waals surface area contributed by atoms with E-state index in [9.17, 15) is 0 Å².